The van der Waals surface area contributed by atoms with Gasteiger partial charge in [-0.25, -0.2) is 4.99 Å². The van der Waals surface area contributed by atoms with Gasteiger partial charge < -0.3 is 4.74 Å². The molecule has 0 fully saturated rings. The number of benzene rings is 2. The van der Waals surface area contributed by atoms with E-state index in [9.17, 15) is 13.2 Å². The van der Waals surface area contributed by atoms with E-state index >= 15 is 0 Å². The highest BCUT2D eigenvalue weighted by molar-refractivity contribution is 5.95. The highest BCUT2D eigenvalue weighted by Crippen LogP contribution is 2.32. The van der Waals surface area contributed by atoms with Crippen molar-refractivity contribution in [3.63, 3.8) is 0 Å². The van der Waals surface area contributed by atoms with Gasteiger partial charge in [0.25, 0.3) is 0 Å². The Balaban J connectivity index is 1.88. The molecule has 2 nitrogen and oxygen atoms in total. The third-order valence-corrected chi connectivity index (χ3v) is 3.27. The number of hydrogen-bond donors (Lipinski definition) is 0. The quantitative estimate of drug-likeness (QED) is 0.811. The van der Waals surface area contributed by atoms with Crippen LogP contribution in [0.25, 0.3) is 0 Å². The first-order valence-corrected chi connectivity index (χ1v) is 6.47. The molecule has 0 N–H and O–H groups in total. The molecule has 0 amide bonds. The average molecular weight is 291 g/mol. The molecule has 1 aliphatic rings. The minimum Gasteiger partial charge on any atom is -0.475 e. The number of ether oxygens (including phenoxy) is 1. The minimum atomic E-state index is -4.35. The van der Waals surface area contributed by atoms with Crippen LogP contribution in [0.2, 0.25) is 0 Å². The van der Waals surface area contributed by atoms with Crippen LogP contribution in [0.4, 0.5) is 13.2 Å². The average Bonchev–Trinajstić information content (AvgIpc) is 2.97. The molecule has 1 heterocycles. The number of halogens is 3. The standard InChI is InChI=1S/C16H12F3NO/c17-16(18,19)13-8-4-7-12(9-13)14-10-21-15(20-14)11-5-2-1-3-6-11/h1-9,14H,10H2/t14-/m0/s1. The second-order valence-electron chi connectivity index (χ2n) is 4.75. The van der Waals surface area contributed by atoms with Gasteiger partial charge in [-0.2, -0.15) is 13.2 Å². The lowest BCUT2D eigenvalue weighted by molar-refractivity contribution is -0.137. The van der Waals surface area contributed by atoms with Gasteiger partial charge in [-0.05, 0) is 29.8 Å². The first-order valence-electron chi connectivity index (χ1n) is 6.47. The van der Waals surface area contributed by atoms with Crippen molar-refractivity contribution in [2.24, 2.45) is 4.99 Å². The third kappa shape index (κ3) is 2.91. The molecule has 1 aliphatic heterocycles. The highest BCUT2D eigenvalue weighted by atomic mass is 19.4. The van der Waals surface area contributed by atoms with Crippen LogP contribution in [-0.2, 0) is 10.9 Å². The molecule has 0 unspecified atom stereocenters. The van der Waals surface area contributed by atoms with Crippen molar-refractivity contribution in [3.05, 3.63) is 71.3 Å². The maximum Gasteiger partial charge on any atom is 0.416 e. The van der Waals surface area contributed by atoms with E-state index in [0.29, 0.717) is 11.5 Å². The summed E-state index contributed by atoms with van der Waals surface area (Å²) < 4.78 is 43.7. The van der Waals surface area contributed by atoms with E-state index in [2.05, 4.69) is 4.99 Å². The maximum absolute atomic E-state index is 12.7. The molecule has 1 atom stereocenters. The normalized spacial score (nSPS) is 18.2. The van der Waals surface area contributed by atoms with Gasteiger partial charge in [-0.1, -0.05) is 30.3 Å². The van der Waals surface area contributed by atoms with Gasteiger partial charge >= 0.3 is 6.18 Å². The zero-order valence-electron chi connectivity index (χ0n) is 11.0. The van der Waals surface area contributed by atoms with E-state index in [1.807, 2.05) is 30.3 Å². The van der Waals surface area contributed by atoms with Crippen LogP contribution in [0.15, 0.2) is 59.6 Å². The predicted molar refractivity (Wildman–Crippen MR) is 73.1 cm³/mol. The topological polar surface area (TPSA) is 21.6 Å². The van der Waals surface area contributed by atoms with Gasteiger partial charge in [0.05, 0.1) is 5.56 Å². The number of nitrogens with zero attached hydrogens (tertiary/aromatic N) is 1. The fourth-order valence-electron chi connectivity index (χ4n) is 2.21. The zero-order valence-corrected chi connectivity index (χ0v) is 11.0. The summed E-state index contributed by atoms with van der Waals surface area (Å²) in [5.74, 6) is 0.470. The Hall–Kier alpha value is -2.30. The van der Waals surface area contributed by atoms with Crippen molar-refractivity contribution in [1.82, 2.24) is 0 Å². The molecular weight excluding hydrogens is 279 g/mol. The van der Waals surface area contributed by atoms with Crippen LogP contribution in [0, 0.1) is 0 Å². The summed E-state index contributed by atoms with van der Waals surface area (Å²) in [4.78, 5) is 4.38. The lowest BCUT2D eigenvalue weighted by Gasteiger charge is -2.10. The number of alkyl halides is 3. The van der Waals surface area contributed by atoms with E-state index in [0.717, 1.165) is 17.7 Å². The lowest BCUT2D eigenvalue weighted by atomic mass is 10.0. The summed E-state index contributed by atoms with van der Waals surface area (Å²) in [6.07, 6.45) is -4.35. The van der Waals surface area contributed by atoms with Gasteiger partial charge in [0.15, 0.2) is 0 Å². The molecule has 0 saturated carbocycles. The van der Waals surface area contributed by atoms with Gasteiger partial charge in [0, 0.05) is 5.56 Å². The Morgan fingerprint density at radius 2 is 1.76 bits per heavy atom. The van der Waals surface area contributed by atoms with E-state index < -0.39 is 17.8 Å². The number of rotatable bonds is 2. The van der Waals surface area contributed by atoms with Crippen LogP contribution in [0.3, 0.4) is 0 Å². The zero-order chi connectivity index (χ0) is 14.9. The van der Waals surface area contributed by atoms with Crippen molar-refractivity contribution >= 4 is 5.90 Å². The minimum absolute atomic E-state index is 0.255. The monoisotopic (exact) mass is 291 g/mol. The molecule has 21 heavy (non-hydrogen) atoms. The molecule has 3 rings (SSSR count). The molecule has 0 radical (unpaired) electrons. The molecule has 2 aromatic rings. The molecule has 0 aliphatic carbocycles. The second-order valence-corrected chi connectivity index (χ2v) is 4.75. The molecule has 0 bridgehead atoms. The Labute approximate surface area is 119 Å². The van der Waals surface area contributed by atoms with Gasteiger partial charge in [0.1, 0.15) is 12.6 Å². The van der Waals surface area contributed by atoms with E-state index in [4.69, 9.17) is 4.74 Å². The summed E-state index contributed by atoms with van der Waals surface area (Å²) in [5, 5.41) is 0. The van der Waals surface area contributed by atoms with Crippen molar-refractivity contribution < 1.29 is 17.9 Å². The highest BCUT2D eigenvalue weighted by Gasteiger charge is 2.31. The first kappa shape index (κ1) is 13.7. The number of hydrogen-bond acceptors (Lipinski definition) is 2. The molecule has 5 heteroatoms. The summed E-state index contributed by atoms with van der Waals surface area (Å²) in [7, 11) is 0. The van der Waals surface area contributed by atoms with Crippen molar-refractivity contribution in [2.45, 2.75) is 12.2 Å². The molecule has 0 spiro atoms. The van der Waals surface area contributed by atoms with Crippen LogP contribution in [-0.4, -0.2) is 12.5 Å². The van der Waals surface area contributed by atoms with Crippen LogP contribution >= 0.6 is 0 Å². The largest absolute Gasteiger partial charge is 0.475 e. The summed E-state index contributed by atoms with van der Waals surface area (Å²) in [5.41, 5.74) is 0.672. The summed E-state index contributed by atoms with van der Waals surface area (Å²) >= 11 is 0. The Bertz CT molecular complexity index is 665. The predicted octanol–water partition coefficient (Wildman–Crippen LogP) is 4.22. The van der Waals surface area contributed by atoms with Crippen molar-refractivity contribution in [2.75, 3.05) is 6.61 Å². The maximum atomic E-state index is 12.7. The molecule has 108 valence electrons. The fourth-order valence-corrected chi connectivity index (χ4v) is 2.21. The Morgan fingerprint density at radius 3 is 2.48 bits per heavy atom. The Morgan fingerprint density at radius 1 is 1.00 bits per heavy atom. The van der Waals surface area contributed by atoms with Crippen molar-refractivity contribution in [3.8, 4) is 0 Å². The van der Waals surface area contributed by atoms with Crippen LogP contribution in [0.5, 0.6) is 0 Å². The number of aliphatic imine (C=N–C) groups is 1. The molecule has 2 aromatic carbocycles. The van der Waals surface area contributed by atoms with Gasteiger partial charge in [-0.3, -0.25) is 0 Å². The molecule has 0 saturated heterocycles. The summed E-state index contributed by atoms with van der Waals surface area (Å²) in [6, 6.07) is 14.1. The van der Waals surface area contributed by atoms with E-state index in [-0.39, 0.29) is 6.61 Å². The van der Waals surface area contributed by atoms with E-state index in [1.165, 1.54) is 6.07 Å². The van der Waals surface area contributed by atoms with Crippen molar-refractivity contribution in [1.29, 1.82) is 0 Å². The SMILES string of the molecule is FC(F)(F)c1cccc([C@@H]2COC(c3ccccc3)=N2)c1. The second kappa shape index (κ2) is 5.24. The first-order chi connectivity index (χ1) is 10.0. The summed E-state index contributed by atoms with van der Waals surface area (Å²) in [6.45, 7) is 0.255. The Kier molecular flexibility index (Phi) is 3.41. The van der Waals surface area contributed by atoms with Crippen LogP contribution in [0.1, 0.15) is 22.7 Å². The lowest BCUT2D eigenvalue weighted by Crippen LogP contribution is -2.06. The molecule has 0 aromatic heterocycles. The van der Waals surface area contributed by atoms with Gasteiger partial charge in [-0.15, -0.1) is 0 Å². The van der Waals surface area contributed by atoms with Crippen LogP contribution < -0.4 is 0 Å². The molecular formula is C16H12F3NO. The third-order valence-electron chi connectivity index (χ3n) is 3.27. The smallest absolute Gasteiger partial charge is 0.416 e. The van der Waals surface area contributed by atoms with Gasteiger partial charge in [0.2, 0.25) is 5.90 Å². The van der Waals surface area contributed by atoms with E-state index in [1.54, 1.807) is 6.07 Å². The fraction of sp³-hybridized carbons (Fsp3) is 0.188.